The van der Waals surface area contributed by atoms with E-state index in [1.807, 2.05) is 6.07 Å². The number of halogens is 1. The van der Waals surface area contributed by atoms with Crippen LogP contribution in [0.25, 0.3) is 0 Å². The van der Waals surface area contributed by atoms with Gasteiger partial charge in [-0.25, -0.2) is 0 Å². The molecule has 120 valence electrons. The lowest BCUT2D eigenvalue weighted by atomic mass is 9.92. The van der Waals surface area contributed by atoms with E-state index < -0.39 is 0 Å². The summed E-state index contributed by atoms with van der Waals surface area (Å²) in [6, 6.07) is 8.39. The van der Waals surface area contributed by atoms with E-state index in [-0.39, 0.29) is 0 Å². The molecule has 0 aliphatic heterocycles. The van der Waals surface area contributed by atoms with Crippen LogP contribution in [-0.4, -0.2) is 13.1 Å². The Morgan fingerprint density at radius 3 is 2.48 bits per heavy atom. The fourth-order valence-corrected chi connectivity index (χ4v) is 2.89. The number of hydrogen-bond acceptors (Lipinski definition) is 1. The summed E-state index contributed by atoms with van der Waals surface area (Å²) in [5, 5.41) is 4.47. The molecule has 0 saturated heterocycles. The van der Waals surface area contributed by atoms with Gasteiger partial charge in [-0.15, -0.1) is 0 Å². The maximum absolute atomic E-state index is 6.16. The van der Waals surface area contributed by atoms with Gasteiger partial charge in [0.05, 0.1) is 0 Å². The predicted octanol–water partition coefficient (Wildman–Crippen LogP) is 6.03. The van der Waals surface area contributed by atoms with E-state index >= 15 is 0 Å². The van der Waals surface area contributed by atoms with Crippen LogP contribution < -0.4 is 5.32 Å². The maximum Gasteiger partial charge on any atom is 0.0408 e. The smallest absolute Gasteiger partial charge is 0.0408 e. The van der Waals surface area contributed by atoms with Crippen molar-refractivity contribution in [2.45, 2.75) is 65.2 Å². The van der Waals surface area contributed by atoms with Gasteiger partial charge in [-0.05, 0) is 42.5 Å². The van der Waals surface area contributed by atoms with Crippen LogP contribution in [-0.2, 0) is 0 Å². The lowest BCUT2D eigenvalue weighted by Gasteiger charge is -2.19. The van der Waals surface area contributed by atoms with Gasteiger partial charge in [-0.1, -0.05) is 76.6 Å². The van der Waals surface area contributed by atoms with E-state index in [1.165, 1.54) is 44.1 Å². The third kappa shape index (κ3) is 8.48. The maximum atomic E-state index is 6.16. The monoisotopic (exact) mass is 309 g/mol. The zero-order valence-electron chi connectivity index (χ0n) is 14.0. The molecule has 1 atom stereocenters. The van der Waals surface area contributed by atoms with Gasteiger partial charge in [0.1, 0.15) is 0 Å². The topological polar surface area (TPSA) is 12.0 Å². The second kappa shape index (κ2) is 11.1. The fraction of sp³-hybridized carbons (Fsp3) is 0.684. The van der Waals surface area contributed by atoms with Crippen molar-refractivity contribution >= 4 is 11.6 Å². The number of unbranched alkanes of at least 4 members (excludes halogenated alkanes) is 4. The first-order valence-electron chi connectivity index (χ1n) is 8.59. The molecule has 0 radical (unpaired) electrons. The summed E-state index contributed by atoms with van der Waals surface area (Å²) in [6.45, 7) is 8.93. The third-order valence-electron chi connectivity index (χ3n) is 3.92. The molecule has 0 heterocycles. The lowest BCUT2D eigenvalue weighted by molar-refractivity contribution is 0.481. The van der Waals surface area contributed by atoms with Crippen molar-refractivity contribution in [1.29, 1.82) is 0 Å². The van der Waals surface area contributed by atoms with E-state index in [2.05, 4.69) is 44.3 Å². The van der Waals surface area contributed by atoms with Crippen molar-refractivity contribution in [2.24, 2.45) is 5.92 Å². The molecule has 1 N–H and O–H groups in total. The summed E-state index contributed by atoms with van der Waals surface area (Å²) < 4.78 is 0. The molecule has 0 aliphatic carbocycles. The van der Waals surface area contributed by atoms with Gasteiger partial charge in [0.15, 0.2) is 0 Å². The molecule has 1 nitrogen and oxygen atoms in total. The van der Waals surface area contributed by atoms with E-state index in [0.717, 1.165) is 18.1 Å². The molecule has 0 amide bonds. The van der Waals surface area contributed by atoms with Crippen molar-refractivity contribution in [2.75, 3.05) is 13.1 Å². The number of rotatable bonds is 11. The normalized spacial score (nSPS) is 12.8. The highest BCUT2D eigenvalue weighted by Gasteiger charge is 2.11. The minimum atomic E-state index is 0.587. The highest BCUT2D eigenvalue weighted by atomic mass is 35.5. The average Bonchev–Trinajstić information content (AvgIpc) is 2.45. The van der Waals surface area contributed by atoms with Crippen LogP contribution in [0, 0.1) is 5.92 Å². The largest absolute Gasteiger partial charge is 0.316 e. The third-order valence-corrected chi connectivity index (χ3v) is 4.15. The van der Waals surface area contributed by atoms with Crippen LogP contribution in [0.3, 0.4) is 0 Å². The van der Waals surface area contributed by atoms with Gasteiger partial charge in [0, 0.05) is 11.6 Å². The molecule has 21 heavy (non-hydrogen) atoms. The second-order valence-corrected chi connectivity index (χ2v) is 6.94. The first-order valence-corrected chi connectivity index (χ1v) is 8.97. The van der Waals surface area contributed by atoms with Crippen molar-refractivity contribution in [3.05, 3.63) is 34.9 Å². The quantitative estimate of drug-likeness (QED) is 0.492. The van der Waals surface area contributed by atoms with Crippen LogP contribution >= 0.6 is 11.6 Å². The molecule has 2 heteroatoms. The molecule has 0 bridgehead atoms. The zero-order chi connectivity index (χ0) is 15.5. The Balaban J connectivity index is 2.49. The highest BCUT2D eigenvalue weighted by Crippen LogP contribution is 2.24. The van der Waals surface area contributed by atoms with Crippen molar-refractivity contribution < 1.29 is 0 Å². The van der Waals surface area contributed by atoms with Crippen LogP contribution in [0.5, 0.6) is 0 Å². The van der Waals surface area contributed by atoms with Crippen molar-refractivity contribution in [1.82, 2.24) is 5.32 Å². The average molecular weight is 310 g/mol. The van der Waals surface area contributed by atoms with Gasteiger partial charge in [-0.2, -0.15) is 0 Å². The van der Waals surface area contributed by atoms with Gasteiger partial charge in [-0.3, -0.25) is 0 Å². The molecule has 0 aliphatic rings. The molecule has 0 fully saturated rings. The van der Waals surface area contributed by atoms with Crippen LogP contribution in [0.4, 0.5) is 0 Å². The Hall–Kier alpha value is -0.530. The second-order valence-electron chi connectivity index (χ2n) is 6.51. The summed E-state index contributed by atoms with van der Waals surface area (Å²) in [4.78, 5) is 0. The number of hydrogen-bond donors (Lipinski definition) is 1. The lowest BCUT2D eigenvalue weighted by Crippen LogP contribution is -2.25. The Kier molecular flexibility index (Phi) is 9.78. The Morgan fingerprint density at radius 1 is 1.05 bits per heavy atom. The molecule has 0 spiro atoms. The number of nitrogens with one attached hydrogen (secondary N) is 1. The van der Waals surface area contributed by atoms with Gasteiger partial charge < -0.3 is 5.32 Å². The summed E-state index contributed by atoms with van der Waals surface area (Å²) in [5.41, 5.74) is 1.38. The highest BCUT2D eigenvalue weighted by molar-refractivity contribution is 6.30. The van der Waals surface area contributed by atoms with Gasteiger partial charge >= 0.3 is 0 Å². The van der Waals surface area contributed by atoms with Crippen LogP contribution in [0.2, 0.25) is 5.02 Å². The summed E-state index contributed by atoms with van der Waals surface area (Å²) in [5.74, 6) is 1.29. The SMILES string of the molecule is CCCCCCCC(CNCC(C)C)c1cccc(Cl)c1. The molecule has 1 unspecified atom stereocenters. The molecule has 1 aromatic rings. The molecule has 1 rings (SSSR count). The Morgan fingerprint density at radius 2 is 1.81 bits per heavy atom. The van der Waals surface area contributed by atoms with E-state index in [9.17, 15) is 0 Å². The van der Waals surface area contributed by atoms with E-state index in [4.69, 9.17) is 11.6 Å². The first-order chi connectivity index (χ1) is 10.1. The standard InChI is InChI=1S/C19H32ClN/c1-4-5-6-7-8-10-18(15-21-14-16(2)3)17-11-9-12-19(20)13-17/h9,11-13,16,18,21H,4-8,10,14-15H2,1-3H3. The van der Waals surface area contributed by atoms with Crippen LogP contribution in [0.1, 0.15) is 70.8 Å². The molecule has 0 aromatic heterocycles. The summed E-state index contributed by atoms with van der Waals surface area (Å²) >= 11 is 6.16. The Bertz CT molecular complexity index is 376. The molecular weight excluding hydrogens is 278 g/mol. The van der Waals surface area contributed by atoms with E-state index in [1.54, 1.807) is 0 Å². The van der Waals surface area contributed by atoms with Gasteiger partial charge in [0.2, 0.25) is 0 Å². The zero-order valence-corrected chi connectivity index (χ0v) is 14.8. The number of benzene rings is 1. The molecular formula is C19H32ClN. The first kappa shape index (κ1) is 18.5. The minimum Gasteiger partial charge on any atom is -0.316 e. The molecule has 0 saturated carbocycles. The van der Waals surface area contributed by atoms with Gasteiger partial charge in [0.25, 0.3) is 0 Å². The van der Waals surface area contributed by atoms with Crippen molar-refractivity contribution in [3.63, 3.8) is 0 Å². The molecule has 1 aromatic carbocycles. The Labute approximate surface area is 136 Å². The predicted molar refractivity (Wildman–Crippen MR) is 95.3 cm³/mol. The fourth-order valence-electron chi connectivity index (χ4n) is 2.69. The summed E-state index contributed by atoms with van der Waals surface area (Å²) in [6.07, 6.45) is 7.99. The summed E-state index contributed by atoms with van der Waals surface area (Å²) in [7, 11) is 0. The van der Waals surface area contributed by atoms with Crippen LogP contribution in [0.15, 0.2) is 24.3 Å². The minimum absolute atomic E-state index is 0.587. The van der Waals surface area contributed by atoms with E-state index in [0.29, 0.717) is 11.8 Å². The van der Waals surface area contributed by atoms with Crippen molar-refractivity contribution in [3.8, 4) is 0 Å².